The van der Waals surface area contributed by atoms with E-state index in [2.05, 4.69) is 25.1 Å². The lowest BCUT2D eigenvalue weighted by molar-refractivity contribution is -0.127. The first-order valence-electron chi connectivity index (χ1n) is 10.6. The van der Waals surface area contributed by atoms with E-state index in [4.69, 9.17) is 0 Å². The van der Waals surface area contributed by atoms with E-state index in [9.17, 15) is 9.59 Å². The number of carbonyl (C=O) groups excluding carboxylic acids is 2. The standard InChI is InChI=1S/C22H28N6O2/c29-21-9-4-12-28(21)13-5-11-24-22(30)18-6-3-8-20(25-18)27-16-14-26(15-17-27)19-7-1-2-10-23-19/h1-3,6-8,10H,4-5,9,11-17H2,(H,24,30). The van der Waals surface area contributed by atoms with Gasteiger partial charge < -0.3 is 20.0 Å². The first-order valence-corrected chi connectivity index (χ1v) is 10.6. The van der Waals surface area contributed by atoms with Gasteiger partial charge in [-0.1, -0.05) is 12.1 Å². The predicted octanol–water partition coefficient (Wildman–Crippen LogP) is 1.55. The van der Waals surface area contributed by atoms with Crippen LogP contribution in [0.1, 0.15) is 29.8 Å². The largest absolute Gasteiger partial charge is 0.353 e. The van der Waals surface area contributed by atoms with Gasteiger partial charge >= 0.3 is 0 Å². The fourth-order valence-electron chi connectivity index (χ4n) is 3.93. The molecule has 0 saturated carbocycles. The van der Waals surface area contributed by atoms with E-state index in [0.29, 0.717) is 25.2 Å². The summed E-state index contributed by atoms with van der Waals surface area (Å²) in [6.07, 6.45) is 4.16. The molecule has 8 heteroatoms. The normalized spacial score (nSPS) is 16.8. The van der Waals surface area contributed by atoms with E-state index in [1.54, 1.807) is 6.07 Å². The predicted molar refractivity (Wildman–Crippen MR) is 116 cm³/mol. The fraction of sp³-hybridized carbons (Fsp3) is 0.455. The van der Waals surface area contributed by atoms with Crippen molar-refractivity contribution in [3.05, 3.63) is 48.3 Å². The molecule has 0 spiro atoms. The summed E-state index contributed by atoms with van der Waals surface area (Å²) in [7, 11) is 0. The number of nitrogens with one attached hydrogen (secondary N) is 1. The van der Waals surface area contributed by atoms with Crippen LogP contribution < -0.4 is 15.1 Å². The highest BCUT2D eigenvalue weighted by atomic mass is 16.2. The SMILES string of the molecule is O=C(NCCCN1CCCC1=O)c1cccc(N2CCN(c3ccccn3)CC2)n1. The molecule has 0 aromatic carbocycles. The van der Waals surface area contributed by atoms with Crippen molar-refractivity contribution in [2.24, 2.45) is 0 Å². The third-order valence-electron chi connectivity index (χ3n) is 5.61. The van der Waals surface area contributed by atoms with Crippen molar-refractivity contribution in [1.82, 2.24) is 20.2 Å². The van der Waals surface area contributed by atoms with Crippen LogP contribution in [0.3, 0.4) is 0 Å². The second kappa shape index (κ2) is 9.56. The van der Waals surface area contributed by atoms with Crippen LogP contribution in [0.5, 0.6) is 0 Å². The van der Waals surface area contributed by atoms with Crippen molar-refractivity contribution >= 4 is 23.5 Å². The Kier molecular flexibility index (Phi) is 6.41. The van der Waals surface area contributed by atoms with Crippen LogP contribution in [-0.2, 0) is 4.79 Å². The van der Waals surface area contributed by atoms with Gasteiger partial charge in [0.2, 0.25) is 5.91 Å². The number of piperazine rings is 1. The molecule has 4 heterocycles. The van der Waals surface area contributed by atoms with Crippen LogP contribution in [0.4, 0.5) is 11.6 Å². The summed E-state index contributed by atoms with van der Waals surface area (Å²) in [5.74, 6) is 1.87. The van der Waals surface area contributed by atoms with Crippen molar-refractivity contribution in [1.29, 1.82) is 0 Å². The van der Waals surface area contributed by atoms with E-state index in [-0.39, 0.29) is 11.8 Å². The molecule has 158 valence electrons. The van der Waals surface area contributed by atoms with Gasteiger partial charge in [-0.25, -0.2) is 9.97 Å². The number of aromatic nitrogens is 2. The number of amides is 2. The van der Waals surface area contributed by atoms with Gasteiger partial charge in [0, 0.05) is 58.4 Å². The molecule has 8 nitrogen and oxygen atoms in total. The highest BCUT2D eigenvalue weighted by Gasteiger charge is 2.21. The first kappa shape index (κ1) is 20.1. The summed E-state index contributed by atoms with van der Waals surface area (Å²) in [5.41, 5.74) is 0.428. The van der Waals surface area contributed by atoms with E-state index >= 15 is 0 Å². The van der Waals surface area contributed by atoms with Crippen molar-refractivity contribution in [3.8, 4) is 0 Å². The number of hydrogen-bond acceptors (Lipinski definition) is 6. The Hall–Kier alpha value is -3.16. The molecule has 1 N–H and O–H groups in total. The van der Waals surface area contributed by atoms with E-state index in [0.717, 1.165) is 57.2 Å². The highest BCUT2D eigenvalue weighted by Crippen LogP contribution is 2.17. The van der Waals surface area contributed by atoms with E-state index in [1.165, 1.54) is 0 Å². The van der Waals surface area contributed by atoms with Crippen molar-refractivity contribution in [2.45, 2.75) is 19.3 Å². The number of hydrogen-bond donors (Lipinski definition) is 1. The zero-order valence-electron chi connectivity index (χ0n) is 17.2. The van der Waals surface area contributed by atoms with Gasteiger partial charge in [-0.15, -0.1) is 0 Å². The topological polar surface area (TPSA) is 81.7 Å². The van der Waals surface area contributed by atoms with E-state index < -0.39 is 0 Å². The number of rotatable bonds is 7. The first-order chi connectivity index (χ1) is 14.7. The zero-order valence-corrected chi connectivity index (χ0v) is 17.2. The van der Waals surface area contributed by atoms with Crippen LogP contribution >= 0.6 is 0 Å². The summed E-state index contributed by atoms with van der Waals surface area (Å²) in [5, 5.41) is 2.92. The molecule has 4 rings (SSSR count). The Balaban J connectivity index is 1.26. The van der Waals surface area contributed by atoms with Gasteiger partial charge in [-0.3, -0.25) is 9.59 Å². The van der Waals surface area contributed by atoms with Crippen molar-refractivity contribution in [3.63, 3.8) is 0 Å². The smallest absolute Gasteiger partial charge is 0.269 e. The average molecular weight is 409 g/mol. The molecular weight excluding hydrogens is 380 g/mol. The maximum Gasteiger partial charge on any atom is 0.269 e. The Morgan fingerprint density at radius 2 is 1.73 bits per heavy atom. The van der Waals surface area contributed by atoms with Gasteiger partial charge in [0.1, 0.15) is 17.3 Å². The maximum atomic E-state index is 12.5. The molecule has 0 bridgehead atoms. The Labute approximate surface area is 176 Å². The van der Waals surface area contributed by atoms with Gasteiger partial charge in [-0.2, -0.15) is 0 Å². The van der Waals surface area contributed by atoms with Crippen molar-refractivity contribution < 1.29 is 9.59 Å². The molecular formula is C22H28N6O2. The Bertz CT molecular complexity index is 867. The lowest BCUT2D eigenvalue weighted by Crippen LogP contribution is -2.47. The highest BCUT2D eigenvalue weighted by molar-refractivity contribution is 5.92. The molecule has 0 atom stereocenters. The molecule has 0 radical (unpaired) electrons. The molecule has 2 aromatic heterocycles. The second-order valence-corrected chi connectivity index (χ2v) is 7.64. The molecule has 30 heavy (non-hydrogen) atoms. The van der Waals surface area contributed by atoms with Gasteiger partial charge in [0.15, 0.2) is 0 Å². The number of carbonyl (C=O) groups is 2. The van der Waals surface area contributed by atoms with Crippen molar-refractivity contribution in [2.75, 3.05) is 55.6 Å². The summed E-state index contributed by atoms with van der Waals surface area (Å²) < 4.78 is 0. The third kappa shape index (κ3) is 4.87. The molecule has 2 fully saturated rings. The molecule has 2 saturated heterocycles. The number of nitrogens with zero attached hydrogens (tertiary/aromatic N) is 5. The molecule has 2 aliphatic heterocycles. The Morgan fingerprint density at radius 1 is 0.967 bits per heavy atom. The minimum atomic E-state index is -0.170. The summed E-state index contributed by atoms with van der Waals surface area (Å²) >= 11 is 0. The molecule has 0 unspecified atom stereocenters. The monoisotopic (exact) mass is 408 g/mol. The number of pyridine rings is 2. The maximum absolute atomic E-state index is 12.5. The number of anilines is 2. The fourth-order valence-corrected chi connectivity index (χ4v) is 3.93. The molecule has 2 aromatic rings. The minimum Gasteiger partial charge on any atom is -0.353 e. The lowest BCUT2D eigenvalue weighted by Gasteiger charge is -2.36. The van der Waals surface area contributed by atoms with Gasteiger partial charge in [-0.05, 0) is 37.1 Å². The van der Waals surface area contributed by atoms with Gasteiger partial charge in [0.05, 0.1) is 0 Å². The number of likely N-dealkylation sites (tertiary alicyclic amines) is 1. The van der Waals surface area contributed by atoms with Crippen LogP contribution in [-0.4, -0.2) is 72.5 Å². The quantitative estimate of drug-likeness (QED) is 0.700. The minimum absolute atomic E-state index is 0.170. The Morgan fingerprint density at radius 3 is 2.43 bits per heavy atom. The summed E-state index contributed by atoms with van der Waals surface area (Å²) in [6.45, 7) is 5.47. The van der Waals surface area contributed by atoms with Crippen LogP contribution in [0, 0.1) is 0 Å². The third-order valence-corrected chi connectivity index (χ3v) is 5.61. The molecule has 2 aliphatic rings. The van der Waals surface area contributed by atoms with Crippen LogP contribution in [0.2, 0.25) is 0 Å². The molecule has 2 amide bonds. The summed E-state index contributed by atoms with van der Waals surface area (Å²) in [6, 6.07) is 11.5. The van der Waals surface area contributed by atoms with E-state index in [1.807, 2.05) is 41.4 Å². The average Bonchev–Trinajstić information content (AvgIpc) is 3.22. The second-order valence-electron chi connectivity index (χ2n) is 7.64. The lowest BCUT2D eigenvalue weighted by atomic mass is 10.2. The zero-order chi connectivity index (χ0) is 20.8. The van der Waals surface area contributed by atoms with Crippen LogP contribution in [0.25, 0.3) is 0 Å². The summed E-state index contributed by atoms with van der Waals surface area (Å²) in [4.78, 5) is 39.5. The van der Waals surface area contributed by atoms with Crippen LogP contribution in [0.15, 0.2) is 42.6 Å². The molecule has 0 aliphatic carbocycles. The van der Waals surface area contributed by atoms with Gasteiger partial charge in [0.25, 0.3) is 5.91 Å².